The van der Waals surface area contributed by atoms with Crippen molar-refractivity contribution in [3.05, 3.63) is 58.4 Å². The zero-order valence-corrected chi connectivity index (χ0v) is 21.1. The van der Waals surface area contributed by atoms with E-state index in [1.807, 2.05) is 43.5 Å². The van der Waals surface area contributed by atoms with Crippen LogP contribution in [0, 0.1) is 13.8 Å². The van der Waals surface area contributed by atoms with E-state index in [4.69, 9.17) is 4.74 Å². The number of nitrogens with zero attached hydrogens (tertiary/aromatic N) is 2. The molecule has 0 bridgehead atoms. The van der Waals surface area contributed by atoms with Crippen molar-refractivity contribution < 1.29 is 23.9 Å². The fraction of sp³-hybridized carbons (Fsp3) is 0.429. The third-order valence-electron chi connectivity index (χ3n) is 6.94. The Kier molecular flexibility index (Phi) is 7.72. The number of rotatable bonds is 7. The lowest BCUT2D eigenvalue weighted by Gasteiger charge is -2.35. The molecule has 1 aliphatic heterocycles. The number of amides is 4. The lowest BCUT2D eigenvalue weighted by atomic mass is 9.93. The summed E-state index contributed by atoms with van der Waals surface area (Å²) in [4.78, 5) is 51.8. The number of esters is 1. The summed E-state index contributed by atoms with van der Waals surface area (Å²) in [5.41, 5.74) is 3.74. The van der Waals surface area contributed by atoms with E-state index in [-0.39, 0.29) is 17.6 Å². The highest BCUT2D eigenvalue weighted by Gasteiger charge is 2.40. The molecule has 8 nitrogen and oxygen atoms in total. The highest BCUT2D eigenvalue weighted by molar-refractivity contribution is 6.31. The Morgan fingerprint density at radius 3 is 2.44 bits per heavy atom. The summed E-state index contributed by atoms with van der Waals surface area (Å²) < 4.78 is 7.27. The molecule has 0 radical (unpaired) electrons. The summed E-state index contributed by atoms with van der Waals surface area (Å²) >= 11 is 0. The predicted molar refractivity (Wildman–Crippen MR) is 136 cm³/mol. The van der Waals surface area contributed by atoms with E-state index in [1.165, 1.54) is 4.90 Å². The van der Waals surface area contributed by atoms with Gasteiger partial charge in [0.05, 0.1) is 12.2 Å². The number of ether oxygens (including phenoxy) is 1. The third-order valence-corrected chi connectivity index (χ3v) is 6.94. The van der Waals surface area contributed by atoms with E-state index in [0.717, 1.165) is 62.0 Å². The minimum absolute atomic E-state index is 0.0365. The fourth-order valence-electron chi connectivity index (χ4n) is 4.97. The first kappa shape index (κ1) is 25.4. The second-order valence-electron chi connectivity index (χ2n) is 9.48. The van der Waals surface area contributed by atoms with Gasteiger partial charge in [-0.25, -0.2) is 9.59 Å². The van der Waals surface area contributed by atoms with Gasteiger partial charge in [0.25, 0.3) is 11.8 Å². The van der Waals surface area contributed by atoms with E-state index in [9.17, 15) is 19.2 Å². The Labute approximate surface area is 211 Å². The number of nitrogens with one attached hydrogen (secondary N) is 1. The molecule has 0 unspecified atom stereocenters. The van der Waals surface area contributed by atoms with Gasteiger partial charge in [0.15, 0.2) is 0 Å². The maximum Gasteiger partial charge on any atom is 0.338 e. The molecule has 2 heterocycles. The smallest absolute Gasteiger partial charge is 0.338 e. The molecule has 1 aromatic heterocycles. The molecule has 1 aromatic carbocycles. The number of aryl methyl sites for hydroxylation is 1. The van der Waals surface area contributed by atoms with E-state index < -0.39 is 17.8 Å². The molecule has 2 aliphatic rings. The van der Waals surface area contributed by atoms with Gasteiger partial charge < -0.3 is 9.30 Å². The van der Waals surface area contributed by atoms with E-state index in [2.05, 4.69) is 5.32 Å². The minimum Gasteiger partial charge on any atom is -0.462 e. The summed E-state index contributed by atoms with van der Waals surface area (Å²) in [5.74, 6) is -1.56. The number of hydrogen-bond donors (Lipinski definition) is 1. The largest absolute Gasteiger partial charge is 0.462 e. The standard InChI is InChI=1S/C28H33N3O5/c1-4-5-15-36-27(34)20-11-13-23(14-12-20)30-18(2)16-21(19(30)3)17-24-25(32)29-28(35)31(26(24)33)22-9-7-6-8-10-22/h11-14,16-17,22H,4-10,15H2,1-3H3,(H,29,32,35). The number of aromatic nitrogens is 1. The van der Waals surface area contributed by atoms with Crippen LogP contribution in [0.1, 0.15) is 79.2 Å². The molecule has 4 rings (SSSR count). The van der Waals surface area contributed by atoms with Crippen LogP contribution in [0.4, 0.5) is 4.79 Å². The zero-order valence-electron chi connectivity index (χ0n) is 21.1. The summed E-state index contributed by atoms with van der Waals surface area (Å²) in [7, 11) is 0. The Morgan fingerprint density at radius 2 is 1.78 bits per heavy atom. The molecule has 1 N–H and O–H groups in total. The second-order valence-corrected chi connectivity index (χ2v) is 9.48. The molecule has 190 valence electrons. The lowest BCUT2D eigenvalue weighted by molar-refractivity contribution is -0.132. The van der Waals surface area contributed by atoms with Crippen LogP contribution in [0.3, 0.4) is 0 Å². The predicted octanol–water partition coefficient (Wildman–Crippen LogP) is 4.85. The van der Waals surface area contributed by atoms with Crippen molar-refractivity contribution in [3.63, 3.8) is 0 Å². The van der Waals surface area contributed by atoms with Gasteiger partial charge in [0, 0.05) is 23.1 Å². The van der Waals surface area contributed by atoms with Crippen LogP contribution in [0.15, 0.2) is 35.9 Å². The number of hydrogen-bond acceptors (Lipinski definition) is 5. The van der Waals surface area contributed by atoms with Crippen LogP contribution in [0.25, 0.3) is 11.8 Å². The van der Waals surface area contributed by atoms with Gasteiger partial charge in [0.2, 0.25) is 0 Å². The van der Waals surface area contributed by atoms with Gasteiger partial charge in [0.1, 0.15) is 5.57 Å². The lowest BCUT2D eigenvalue weighted by Crippen LogP contribution is -2.58. The van der Waals surface area contributed by atoms with Gasteiger partial charge in [-0.05, 0) is 75.1 Å². The molecule has 0 atom stereocenters. The molecule has 36 heavy (non-hydrogen) atoms. The first-order chi connectivity index (χ1) is 17.3. The van der Waals surface area contributed by atoms with Crippen LogP contribution in [0.2, 0.25) is 0 Å². The number of imide groups is 2. The summed E-state index contributed by atoms with van der Waals surface area (Å²) in [6.07, 6.45) is 7.90. The van der Waals surface area contributed by atoms with Gasteiger partial charge in [-0.1, -0.05) is 32.6 Å². The Morgan fingerprint density at radius 1 is 1.08 bits per heavy atom. The van der Waals surface area contributed by atoms with Crippen molar-refractivity contribution in [1.29, 1.82) is 0 Å². The Hall–Kier alpha value is -3.68. The van der Waals surface area contributed by atoms with E-state index >= 15 is 0 Å². The molecule has 1 aliphatic carbocycles. The molecule has 1 saturated heterocycles. The van der Waals surface area contributed by atoms with E-state index in [1.54, 1.807) is 18.2 Å². The summed E-state index contributed by atoms with van der Waals surface area (Å²) in [6, 6.07) is 8.23. The third kappa shape index (κ3) is 5.12. The SMILES string of the molecule is CCCCOC(=O)c1ccc(-n2c(C)cc(C=C3C(=O)NC(=O)N(C4CCCCC4)C3=O)c2C)cc1. The molecule has 4 amide bonds. The number of barbiturate groups is 1. The van der Waals surface area contributed by atoms with Crippen LogP contribution in [-0.2, 0) is 14.3 Å². The summed E-state index contributed by atoms with van der Waals surface area (Å²) in [5, 5.41) is 2.34. The van der Waals surface area contributed by atoms with E-state index in [0.29, 0.717) is 17.7 Å². The molecular formula is C28H33N3O5. The monoisotopic (exact) mass is 491 g/mol. The van der Waals surface area contributed by atoms with Crippen LogP contribution < -0.4 is 5.32 Å². The van der Waals surface area contributed by atoms with Crippen molar-refractivity contribution in [1.82, 2.24) is 14.8 Å². The van der Waals surface area contributed by atoms with Crippen LogP contribution in [-0.4, -0.2) is 45.9 Å². The van der Waals surface area contributed by atoms with Gasteiger partial charge in [-0.2, -0.15) is 0 Å². The van der Waals surface area contributed by atoms with Crippen molar-refractivity contribution in [2.24, 2.45) is 0 Å². The Balaban J connectivity index is 1.59. The first-order valence-corrected chi connectivity index (χ1v) is 12.7. The molecular weight excluding hydrogens is 458 g/mol. The molecule has 0 spiro atoms. The highest BCUT2D eigenvalue weighted by atomic mass is 16.5. The van der Waals surface area contributed by atoms with Crippen molar-refractivity contribution >= 4 is 29.9 Å². The minimum atomic E-state index is -0.673. The van der Waals surface area contributed by atoms with Crippen molar-refractivity contribution in [2.45, 2.75) is 71.8 Å². The quantitative estimate of drug-likeness (QED) is 0.259. The van der Waals surface area contributed by atoms with Crippen molar-refractivity contribution in [3.8, 4) is 5.69 Å². The maximum atomic E-state index is 13.2. The normalized spacial score (nSPS) is 18.0. The number of benzene rings is 1. The Bertz CT molecular complexity index is 1200. The topological polar surface area (TPSA) is 97.7 Å². The molecule has 1 saturated carbocycles. The zero-order chi connectivity index (χ0) is 25.8. The molecule has 2 fully saturated rings. The van der Waals surface area contributed by atoms with Crippen LogP contribution >= 0.6 is 0 Å². The number of carbonyl (C=O) groups is 4. The first-order valence-electron chi connectivity index (χ1n) is 12.7. The van der Waals surface area contributed by atoms with Gasteiger partial charge in [-0.15, -0.1) is 0 Å². The average Bonchev–Trinajstić information content (AvgIpc) is 3.15. The number of unbranched alkanes of at least 4 members (excludes halogenated alkanes) is 1. The van der Waals surface area contributed by atoms with Gasteiger partial charge >= 0.3 is 12.0 Å². The maximum absolute atomic E-state index is 13.2. The highest BCUT2D eigenvalue weighted by Crippen LogP contribution is 2.28. The van der Waals surface area contributed by atoms with Crippen molar-refractivity contribution in [2.75, 3.05) is 6.61 Å². The fourth-order valence-corrected chi connectivity index (χ4v) is 4.97. The summed E-state index contributed by atoms with van der Waals surface area (Å²) in [6.45, 7) is 6.28. The van der Waals surface area contributed by atoms with Gasteiger partial charge in [-0.3, -0.25) is 19.8 Å². The number of urea groups is 1. The molecule has 8 heteroatoms. The second kappa shape index (κ2) is 10.9. The number of carbonyl (C=O) groups excluding carboxylic acids is 4. The molecule has 2 aromatic rings. The average molecular weight is 492 g/mol. The van der Waals surface area contributed by atoms with Crippen LogP contribution in [0.5, 0.6) is 0 Å².